The van der Waals surface area contributed by atoms with Gasteiger partial charge < -0.3 is 24.2 Å². The quantitative estimate of drug-likeness (QED) is 0.748. The maximum absolute atomic E-state index is 12.1. The van der Waals surface area contributed by atoms with Crippen LogP contribution in [-0.2, 0) is 16.1 Å². The van der Waals surface area contributed by atoms with Crippen LogP contribution < -0.4 is 5.32 Å². The number of rotatable bonds is 6. The molecular formula is C22H30N4O5. The number of amides is 2. The standard InChI is InChI=1S/C22H30N4O5/c1-5-23-19(27)15-6-8-16(9-7-15)20-24-18(25-31-20)14-29-17-10-12-26(13-11-17)21(28)30-22(2,3)4/h6-9,17H,5,10-14H2,1-4H3,(H,23,27). The molecule has 0 spiro atoms. The van der Waals surface area contributed by atoms with Crippen molar-refractivity contribution in [2.24, 2.45) is 0 Å². The Morgan fingerprint density at radius 1 is 1.19 bits per heavy atom. The van der Waals surface area contributed by atoms with Gasteiger partial charge in [0.15, 0.2) is 5.82 Å². The maximum Gasteiger partial charge on any atom is 0.410 e. The van der Waals surface area contributed by atoms with E-state index in [1.807, 2.05) is 27.7 Å². The molecule has 0 aliphatic carbocycles. The summed E-state index contributed by atoms with van der Waals surface area (Å²) in [5.74, 6) is 0.713. The number of hydrogen-bond acceptors (Lipinski definition) is 7. The van der Waals surface area contributed by atoms with Gasteiger partial charge in [-0.05, 0) is 64.8 Å². The molecule has 1 aliphatic heterocycles. The Balaban J connectivity index is 1.47. The van der Waals surface area contributed by atoms with Crippen molar-refractivity contribution in [1.29, 1.82) is 0 Å². The fourth-order valence-corrected chi connectivity index (χ4v) is 3.18. The van der Waals surface area contributed by atoms with Crippen LogP contribution in [0.2, 0.25) is 0 Å². The topological polar surface area (TPSA) is 107 Å². The highest BCUT2D eigenvalue weighted by molar-refractivity contribution is 5.94. The Kier molecular flexibility index (Phi) is 7.27. The summed E-state index contributed by atoms with van der Waals surface area (Å²) in [6.07, 6.45) is 1.19. The number of ether oxygens (including phenoxy) is 2. The maximum atomic E-state index is 12.1. The summed E-state index contributed by atoms with van der Waals surface area (Å²) in [6, 6.07) is 6.99. The lowest BCUT2D eigenvalue weighted by atomic mass is 10.1. The first kappa shape index (κ1) is 22.7. The number of nitrogens with one attached hydrogen (secondary N) is 1. The zero-order valence-electron chi connectivity index (χ0n) is 18.5. The molecule has 3 rings (SSSR count). The summed E-state index contributed by atoms with van der Waals surface area (Å²) in [5.41, 5.74) is 0.812. The number of hydrogen-bond donors (Lipinski definition) is 1. The smallest absolute Gasteiger partial charge is 0.410 e. The van der Waals surface area contributed by atoms with Crippen LogP contribution in [-0.4, -0.2) is 58.4 Å². The Bertz CT molecular complexity index is 880. The number of aromatic nitrogens is 2. The van der Waals surface area contributed by atoms with Gasteiger partial charge in [-0.3, -0.25) is 4.79 Å². The molecule has 0 unspecified atom stereocenters. The van der Waals surface area contributed by atoms with Crippen molar-refractivity contribution in [3.63, 3.8) is 0 Å². The van der Waals surface area contributed by atoms with E-state index in [0.717, 1.165) is 18.4 Å². The predicted molar refractivity (Wildman–Crippen MR) is 113 cm³/mol. The Labute approximate surface area is 182 Å². The summed E-state index contributed by atoms with van der Waals surface area (Å²) in [5, 5.41) is 6.73. The van der Waals surface area contributed by atoms with Crippen molar-refractivity contribution in [3.8, 4) is 11.5 Å². The van der Waals surface area contributed by atoms with E-state index in [1.165, 1.54) is 0 Å². The Morgan fingerprint density at radius 2 is 1.87 bits per heavy atom. The zero-order chi connectivity index (χ0) is 22.4. The normalized spacial score (nSPS) is 15.0. The molecule has 1 fully saturated rings. The lowest BCUT2D eigenvalue weighted by Crippen LogP contribution is -2.43. The first-order valence-corrected chi connectivity index (χ1v) is 10.6. The van der Waals surface area contributed by atoms with E-state index in [-0.39, 0.29) is 24.7 Å². The summed E-state index contributed by atoms with van der Waals surface area (Å²) in [4.78, 5) is 30.1. The SMILES string of the molecule is CCNC(=O)c1ccc(-c2nc(COC3CCN(C(=O)OC(C)(C)C)CC3)no2)cc1. The fourth-order valence-electron chi connectivity index (χ4n) is 3.18. The molecule has 0 atom stereocenters. The molecule has 2 amide bonds. The first-order chi connectivity index (χ1) is 14.7. The summed E-state index contributed by atoms with van der Waals surface area (Å²) in [6.45, 7) is 9.44. The molecule has 31 heavy (non-hydrogen) atoms. The van der Waals surface area contributed by atoms with Gasteiger partial charge in [0.2, 0.25) is 0 Å². The van der Waals surface area contributed by atoms with Crippen LogP contribution in [0, 0.1) is 0 Å². The van der Waals surface area contributed by atoms with Gasteiger partial charge >= 0.3 is 6.09 Å². The van der Waals surface area contributed by atoms with E-state index in [9.17, 15) is 9.59 Å². The monoisotopic (exact) mass is 430 g/mol. The van der Waals surface area contributed by atoms with Crippen LogP contribution in [0.4, 0.5) is 4.79 Å². The van der Waals surface area contributed by atoms with Crippen LogP contribution in [0.3, 0.4) is 0 Å². The number of carbonyl (C=O) groups is 2. The van der Waals surface area contributed by atoms with Gasteiger partial charge in [-0.25, -0.2) is 4.79 Å². The first-order valence-electron chi connectivity index (χ1n) is 10.6. The highest BCUT2D eigenvalue weighted by Gasteiger charge is 2.27. The lowest BCUT2D eigenvalue weighted by molar-refractivity contribution is -0.0190. The molecule has 0 bridgehead atoms. The molecular weight excluding hydrogens is 400 g/mol. The Hall–Kier alpha value is -2.94. The summed E-state index contributed by atoms with van der Waals surface area (Å²) in [7, 11) is 0. The van der Waals surface area contributed by atoms with Gasteiger partial charge in [-0.2, -0.15) is 4.98 Å². The predicted octanol–water partition coefficient (Wildman–Crippen LogP) is 3.40. The minimum Gasteiger partial charge on any atom is -0.444 e. The van der Waals surface area contributed by atoms with Crippen molar-refractivity contribution in [2.45, 2.75) is 58.8 Å². The van der Waals surface area contributed by atoms with Gasteiger partial charge in [-0.15, -0.1) is 0 Å². The van der Waals surface area contributed by atoms with E-state index < -0.39 is 5.60 Å². The molecule has 2 heterocycles. The zero-order valence-corrected chi connectivity index (χ0v) is 18.5. The number of carbonyl (C=O) groups excluding carboxylic acids is 2. The van der Waals surface area contributed by atoms with E-state index in [4.69, 9.17) is 14.0 Å². The fraction of sp³-hybridized carbons (Fsp3) is 0.545. The van der Waals surface area contributed by atoms with E-state index >= 15 is 0 Å². The van der Waals surface area contributed by atoms with Gasteiger partial charge in [0.25, 0.3) is 11.8 Å². The second-order valence-electron chi connectivity index (χ2n) is 8.43. The van der Waals surface area contributed by atoms with Gasteiger partial charge in [0.1, 0.15) is 12.2 Å². The third-order valence-electron chi connectivity index (χ3n) is 4.74. The second-order valence-corrected chi connectivity index (χ2v) is 8.43. The largest absolute Gasteiger partial charge is 0.444 e. The van der Waals surface area contributed by atoms with E-state index in [2.05, 4.69) is 15.5 Å². The highest BCUT2D eigenvalue weighted by atomic mass is 16.6. The molecule has 0 saturated carbocycles. The minimum absolute atomic E-state index is 0.0250. The van der Waals surface area contributed by atoms with E-state index in [1.54, 1.807) is 29.2 Å². The molecule has 1 aromatic heterocycles. The molecule has 0 radical (unpaired) electrons. The number of likely N-dealkylation sites (tertiary alicyclic amines) is 1. The molecule has 1 aromatic carbocycles. The summed E-state index contributed by atoms with van der Waals surface area (Å²) >= 11 is 0. The number of piperidine rings is 1. The van der Waals surface area contributed by atoms with Crippen molar-refractivity contribution in [2.75, 3.05) is 19.6 Å². The van der Waals surface area contributed by atoms with Crippen LogP contribution in [0.25, 0.3) is 11.5 Å². The van der Waals surface area contributed by atoms with Crippen molar-refractivity contribution in [1.82, 2.24) is 20.4 Å². The molecule has 168 valence electrons. The van der Waals surface area contributed by atoms with Gasteiger partial charge in [0, 0.05) is 30.8 Å². The number of benzene rings is 1. The molecule has 2 aromatic rings. The Morgan fingerprint density at radius 3 is 2.48 bits per heavy atom. The van der Waals surface area contributed by atoms with E-state index in [0.29, 0.717) is 36.9 Å². The molecule has 9 heteroatoms. The molecule has 1 aliphatic rings. The van der Waals surface area contributed by atoms with Crippen LogP contribution >= 0.6 is 0 Å². The van der Waals surface area contributed by atoms with Gasteiger partial charge in [-0.1, -0.05) is 5.16 Å². The third kappa shape index (κ3) is 6.52. The van der Waals surface area contributed by atoms with Crippen molar-refractivity contribution in [3.05, 3.63) is 35.7 Å². The second kappa shape index (κ2) is 9.91. The van der Waals surface area contributed by atoms with Crippen molar-refractivity contribution >= 4 is 12.0 Å². The van der Waals surface area contributed by atoms with Crippen molar-refractivity contribution < 1.29 is 23.6 Å². The van der Waals surface area contributed by atoms with Gasteiger partial charge in [0.05, 0.1) is 6.10 Å². The average Bonchev–Trinajstić information content (AvgIpc) is 3.21. The van der Waals surface area contributed by atoms with Crippen LogP contribution in [0.5, 0.6) is 0 Å². The highest BCUT2D eigenvalue weighted by Crippen LogP contribution is 2.20. The van der Waals surface area contributed by atoms with Crippen LogP contribution in [0.15, 0.2) is 28.8 Å². The molecule has 1 saturated heterocycles. The molecule has 1 N–H and O–H groups in total. The third-order valence-corrected chi connectivity index (χ3v) is 4.74. The summed E-state index contributed by atoms with van der Waals surface area (Å²) < 4.78 is 16.6. The minimum atomic E-state index is -0.497. The number of nitrogens with zero attached hydrogens (tertiary/aromatic N) is 3. The van der Waals surface area contributed by atoms with Crippen LogP contribution in [0.1, 0.15) is 56.7 Å². The average molecular weight is 431 g/mol. The molecule has 9 nitrogen and oxygen atoms in total. The lowest BCUT2D eigenvalue weighted by Gasteiger charge is -2.33.